The highest BCUT2D eigenvalue weighted by Crippen LogP contribution is 2.32. The number of carbonyl (C=O) groups excluding carboxylic acids is 1. The second kappa shape index (κ2) is 11.2. The molecule has 180 valence electrons. The lowest BCUT2D eigenvalue weighted by molar-refractivity contribution is -0.137. The van der Waals surface area contributed by atoms with Crippen molar-refractivity contribution in [1.29, 1.82) is 0 Å². The summed E-state index contributed by atoms with van der Waals surface area (Å²) in [6.45, 7) is 6.79. The number of sulfonamides is 1. The molecule has 0 aliphatic rings. The van der Waals surface area contributed by atoms with Crippen LogP contribution < -0.4 is 14.8 Å². The van der Waals surface area contributed by atoms with Gasteiger partial charge >= 0.3 is 6.18 Å². The molecule has 0 radical (unpaired) electrons. The minimum absolute atomic E-state index is 0.266. The summed E-state index contributed by atoms with van der Waals surface area (Å²) in [5.74, 6) is 0.100. The second-order valence-electron chi connectivity index (χ2n) is 6.68. The van der Waals surface area contributed by atoms with Crippen molar-refractivity contribution in [1.82, 2.24) is 4.31 Å². The maximum atomic E-state index is 13.0. The van der Waals surface area contributed by atoms with Crippen LogP contribution in [-0.2, 0) is 21.0 Å². The molecule has 0 bridgehead atoms. The van der Waals surface area contributed by atoms with Gasteiger partial charge in [-0.05, 0) is 44.2 Å². The Labute approximate surface area is 190 Å². The minimum Gasteiger partial charge on any atom is -0.494 e. The summed E-state index contributed by atoms with van der Waals surface area (Å²) in [4.78, 5) is 12.1. The van der Waals surface area contributed by atoms with Crippen LogP contribution in [0.3, 0.4) is 0 Å². The van der Waals surface area contributed by atoms with Gasteiger partial charge in [-0.2, -0.15) is 17.5 Å². The lowest BCUT2D eigenvalue weighted by Crippen LogP contribution is -2.38. The fourth-order valence-corrected chi connectivity index (χ4v) is 4.28. The van der Waals surface area contributed by atoms with Crippen LogP contribution in [0.25, 0.3) is 0 Å². The zero-order valence-corrected chi connectivity index (χ0v) is 19.0. The third-order valence-electron chi connectivity index (χ3n) is 4.29. The van der Waals surface area contributed by atoms with Gasteiger partial charge in [-0.15, -0.1) is 6.58 Å². The molecule has 0 fully saturated rings. The van der Waals surface area contributed by atoms with Crippen molar-refractivity contribution in [2.24, 2.45) is 0 Å². The summed E-state index contributed by atoms with van der Waals surface area (Å²) < 4.78 is 76.7. The number of anilines is 1. The molecule has 0 saturated carbocycles. The van der Waals surface area contributed by atoms with E-state index in [0.29, 0.717) is 30.8 Å². The maximum absolute atomic E-state index is 13.0. The van der Waals surface area contributed by atoms with Crippen molar-refractivity contribution in [2.45, 2.75) is 24.9 Å². The van der Waals surface area contributed by atoms with E-state index in [-0.39, 0.29) is 12.2 Å². The van der Waals surface area contributed by atoms with Gasteiger partial charge in [0.1, 0.15) is 11.5 Å². The van der Waals surface area contributed by atoms with E-state index in [4.69, 9.17) is 9.47 Å². The van der Waals surface area contributed by atoms with Crippen molar-refractivity contribution < 1.29 is 35.9 Å². The zero-order chi connectivity index (χ0) is 24.6. The standard InChI is InChI=1S/C22H25F3N2O5S/c1-4-12-27(33(29,30)18-9-7-8-16(13-18)22(23,24)25)15-21(28)26-19-14-17(31-5-2)10-11-20(19)32-6-3/h4,7-11,13-14H,1,5-6,12,15H2,2-3H3,(H,26,28). The number of nitrogens with zero attached hydrogens (tertiary/aromatic N) is 1. The third kappa shape index (κ3) is 6.96. The van der Waals surface area contributed by atoms with Gasteiger partial charge in [0.15, 0.2) is 0 Å². The van der Waals surface area contributed by atoms with Gasteiger partial charge in [-0.1, -0.05) is 12.1 Å². The van der Waals surface area contributed by atoms with Crippen LogP contribution in [-0.4, -0.2) is 44.9 Å². The van der Waals surface area contributed by atoms with Crippen molar-refractivity contribution in [3.05, 3.63) is 60.7 Å². The van der Waals surface area contributed by atoms with Crippen molar-refractivity contribution in [3.8, 4) is 11.5 Å². The minimum atomic E-state index is -4.71. The van der Waals surface area contributed by atoms with E-state index in [0.717, 1.165) is 22.5 Å². The Balaban J connectivity index is 2.30. The molecule has 1 N–H and O–H groups in total. The Morgan fingerprint density at radius 3 is 2.42 bits per heavy atom. The summed E-state index contributed by atoms with van der Waals surface area (Å²) in [6, 6.07) is 8.13. The monoisotopic (exact) mass is 486 g/mol. The Kier molecular flexibility index (Phi) is 8.89. The number of amides is 1. The van der Waals surface area contributed by atoms with E-state index in [1.54, 1.807) is 26.0 Å². The summed E-state index contributed by atoms with van der Waals surface area (Å²) in [6.07, 6.45) is -3.48. The van der Waals surface area contributed by atoms with Crippen molar-refractivity contribution in [2.75, 3.05) is 31.6 Å². The van der Waals surface area contributed by atoms with Gasteiger partial charge in [0, 0.05) is 12.6 Å². The molecule has 2 aromatic carbocycles. The predicted molar refractivity (Wildman–Crippen MR) is 118 cm³/mol. The van der Waals surface area contributed by atoms with Gasteiger partial charge in [0.2, 0.25) is 15.9 Å². The largest absolute Gasteiger partial charge is 0.494 e. The molecule has 2 aromatic rings. The Morgan fingerprint density at radius 1 is 1.12 bits per heavy atom. The molecule has 2 rings (SSSR count). The van der Waals surface area contributed by atoms with Gasteiger partial charge in [0.25, 0.3) is 0 Å². The molecule has 0 aromatic heterocycles. The first-order chi connectivity index (χ1) is 15.5. The number of hydrogen-bond donors (Lipinski definition) is 1. The van der Waals surface area contributed by atoms with Crippen molar-refractivity contribution in [3.63, 3.8) is 0 Å². The maximum Gasteiger partial charge on any atom is 0.416 e. The molecule has 11 heteroatoms. The Hall–Kier alpha value is -3.05. The Morgan fingerprint density at radius 2 is 1.82 bits per heavy atom. The highest BCUT2D eigenvalue weighted by atomic mass is 32.2. The van der Waals surface area contributed by atoms with Crippen LogP contribution >= 0.6 is 0 Å². The lowest BCUT2D eigenvalue weighted by Gasteiger charge is -2.21. The first-order valence-electron chi connectivity index (χ1n) is 10.0. The number of carbonyl (C=O) groups is 1. The van der Waals surface area contributed by atoms with E-state index < -0.39 is 39.1 Å². The normalized spacial score (nSPS) is 11.8. The highest BCUT2D eigenvalue weighted by molar-refractivity contribution is 7.89. The second-order valence-corrected chi connectivity index (χ2v) is 8.62. The number of rotatable bonds is 11. The topological polar surface area (TPSA) is 84.9 Å². The quantitative estimate of drug-likeness (QED) is 0.479. The Bertz CT molecular complexity index is 1090. The first kappa shape index (κ1) is 26.2. The highest BCUT2D eigenvalue weighted by Gasteiger charge is 2.33. The molecule has 0 aliphatic heterocycles. The average molecular weight is 487 g/mol. The van der Waals surface area contributed by atoms with E-state index in [9.17, 15) is 26.4 Å². The molecule has 0 unspecified atom stereocenters. The summed E-state index contributed by atoms with van der Waals surface area (Å²) in [7, 11) is -4.43. The van der Waals surface area contributed by atoms with Gasteiger partial charge in [-0.3, -0.25) is 4.79 Å². The van der Waals surface area contributed by atoms with E-state index >= 15 is 0 Å². The molecular formula is C22H25F3N2O5S. The van der Waals surface area contributed by atoms with Crippen LogP contribution in [0.15, 0.2) is 60.0 Å². The van der Waals surface area contributed by atoms with Gasteiger partial charge in [-0.25, -0.2) is 8.42 Å². The predicted octanol–water partition coefficient (Wildman–Crippen LogP) is 4.32. The summed E-state index contributed by atoms with van der Waals surface area (Å²) in [5.41, 5.74) is -0.844. The van der Waals surface area contributed by atoms with E-state index in [2.05, 4.69) is 11.9 Å². The molecule has 33 heavy (non-hydrogen) atoms. The molecule has 0 atom stereocenters. The zero-order valence-electron chi connectivity index (χ0n) is 18.2. The van der Waals surface area contributed by atoms with Crippen LogP contribution in [0.1, 0.15) is 19.4 Å². The number of hydrogen-bond acceptors (Lipinski definition) is 5. The van der Waals surface area contributed by atoms with Crippen LogP contribution in [0.4, 0.5) is 18.9 Å². The van der Waals surface area contributed by atoms with Crippen LogP contribution in [0, 0.1) is 0 Å². The van der Waals surface area contributed by atoms with E-state index in [1.165, 1.54) is 12.1 Å². The number of ether oxygens (including phenoxy) is 2. The first-order valence-corrected chi connectivity index (χ1v) is 11.4. The molecular weight excluding hydrogens is 461 g/mol. The van der Waals surface area contributed by atoms with Gasteiger partial charge < -0.3 is 14.8 Å². The number of benzene rings is 2. The van der Waals surface area contributed by atoms with Gasteiger partial charge in [0.05, 0.1) is 35.9 Å². The van der Waals surface area contributed by atoms with Crippen LogP contribution in [0.2, 0.25) is 0 Å². The lowest BCUT2D eigenvalue weighted by atomic mass is 10.2. The van der Waals surface area contributed by atoms with E-state index in [1.807, 2.05) is 0 Å². The molecule has 0 saturated heterocycles. The fourth-order valence-electron chi connectivity index (χ4n) is 2.87. The third-order valence-corrected chi connectivity index (χ3v) is 6.10. The SMILES string of the molecule is C=CCN(CC(=O)Nc1cc(OCC)ccc1OCC)S(=O)(=O)c1cccc(C(F)(F)F)c1. The fraction of sp³-hybridized carbons (Fsp3) is 0.318. The molecule has 0 aliphatic carbocycles. The summed E-state index contributed by atoms with van der Waals surface area (Å²) >= 11 is 0. The van der Waals surface area contributed by atoms with Crippen LogP contribution in [0.5, 0.6) is 11.5 Å². The molecule has 0 heterocycles. The average Bonchev–Trinajstić information content (AvgIpc) is 2.75. The number of halogens is 3. The number of alkyl halides is 3. The smallest absolute Gasteiger partial charge is 0.416 e. The molecule has 1 amide bonds. The molecule has 7 nitrogen and oxygen atoms in total. The van der Waals surface area contributed by atoms with Crippen molar-refractivity contribution >= 4 is 21.6 Å². The summed E-state index contributed by atoms with van der Waals surface area (Å²) in [5, 5.41) is 2.58. The number of nitrogens with one attached hydrogen (secondary N) is 1. The molecule has 0 spiro atoms.